The Labute approximate surface area is 124 Å². The number of hydrogen-bond acceptors (Lipinski definition) is 2. The first-order valence-corrected chi connectivity index (χ1v) is 8.67. The van der Waals surface area contributed by atoms with Crippen LogP contribution in [0.2, 0.25) is 0 Å². The van der Waals surface area contributed by atoms with Gasteiger partial charge in [-0.05, 0) is 49.4 Å². The van der Waals surface area contributed by atoms with Crippen LogP contribution < -0.4 is 5.32 Å². The van der Waals surface area contributed by atoms with Crippen molar-refractivity contribution in [3.8, 4) is 0 Å². The summed E-state index contributed by atoms with van der Waals surface area (Å²) in [5.74, 6) is 1.33. The van der Waals surface area contributed by atoms with Crippen LogP contribution in [-0.2, 0) is 15.6 Å². The average molecular weight is 344 g/mol. The zero-order valence-electron chi connectivity index (χ0n) is 10.7. The van der Waals surface area contributed by atoms with E-state index in [1.807, 2.05) is 24.3 Å². The van der Waals surface area contributed by atoms with Gasteiger partial charge in [0.05, 0.1) is 10.8 Å². The number of carbonyl (C=O) groups excluding carboxylic acids is 1. The lowest BCUT2D eigenvalue weighted by atomic mass is 10.3. The maximum atomic E-state index is 12.0. The molecular formula is C14H18BrNO2S. The highest BCUT2D eigenvalue weighted by atomic mass is 79.9. The third kappa shape index (κ3) is 5.45. The van der Waals surface area contributed by atoms with Gasteiger partial charge in [0.1, 0.15) is 0 Å². The fourth-order valence-corrected chi connectivity index (χ4v) is 3.08. The van der Waals surface area contributed by atoms with E-state index >= 15 is 0 Å². The molecule has 0 spiro atoms. The summed E-state index contributed by atoms with van der Waals surface area (Å²) >= 11 is 3.35. The van der Waals surface area contributed by atoms with Crippen molar-refractivity contribution in [3.63, 3.8) is 0 Å². The number of amides is 1. The summed E-state index contributed by atoms with van der Waals surface area (Å²) < 4.78 is 13.0. The Morgan fingerprint density at radius 1 is 1.32 bits per heavy atom. The van der Waals surface area contributed by atoms with Gasteiger partial charge >= 0.3 is 0 Å². The molecule has 0 radical (unpaired) electrons. The monoisotopic (exact) mass is 343 g/mol. The Bertz CT molecular complexity index is 457. The van der Waals surface area contributed by atoms with Crippen molar-refractivity contribution in [2.75, 3.05) is 12.3 Å². The van der Waals surface area contributed by atoms with E-state index < -0.39 is 10.8 Å². The van der Waals surface area contributed by atoms with E-state index in [1.54, 1.807) is 0 Å². The Balaban J connectivity index is 1.65. The average Bonchev–Trinajstić information content (AvgIpc) is 3.21. The first kappa shape index (κ1) is 14.7. The zero-order chi connectivity index (χ0) is 13.7. The van der Waals surface area contributed by atoms with Crippen molar-refractivity contribution < 1.29 is 9.00 Å². The highest BCUT2D eigenvalue weighted by Crippen LogP contribution is 2.27. The Morgan fingerprint density at radius 3 is 2.63 bits per heavy atom. The quantitative estimate of drug-likeness (QED) is 0.827. The predicted molar refractivity (Wildman–Crippen MR) is 80.4 cm³/mol. The van der Waals surface area contributed by atoms with Gasteiger partial charge in [-0.1, -0.05) is 15.9 Å². The van der Waals surface area contributed by atoms with Gasteiger partial charge in [0.15, 0.2) is 0 Å². The van der Waals surface area contributed by atoms with Crippen LogP contribution in [0.3, 0.4) is 0 Å². The molecule has 19 heavy (non-hydrogen) atoms. The second-order valence-corrected chi connectivity index (χ2v) is 7.34. The molecule has 1 fully saturated rings. The van der Waals surface area contributed by atoms with E-state index in [0.717, 1.165) is 15.9 Å². The van der Waals surface area contributed by atoms with Gasteiger partial charge in [-0.25, -0.2) is 0 Å². The fourth-order valence-electron chi connectivity index (χ4n) is 1.74. The standard InChI is InChI=1S/C14H18BrNO2S/c15-12-5-7-13(8-6-12)19(18)9-1-2-14(17)16-10-11-3-4-11/h5-8,11H,1-4,9-10H2,(H,16,17)/t19-/m1/s1. The minimum absolute atomic E-state index is 0.0831. The smallest absolute Gasteiger partial charge is 0.220 e. The molecule has 1 saturated carbocycles. The molecule has 1 aliphatic carbocycles. The summed E-state index contributed by atoms with van der Waals surface area (Å²) in [5, 5.41) is 2.92. The van der Waals surface area contributed by atoms with Crippen molar-refractivity contribution in [1.29, 1.82) is 0 Å². The molecule has 0 aromatic heterocycles. The van der Waals surface area contributed by atoms with Gasteiger partial charge < -0.3 is 5.32 Å². The van der Waals surface area contributed by atoms with Crippen molar-refractivity contribution in [1.82, 2.24) is 5.32 Å². The van der Waals surface area contributed by atoms with E-state index in [1.165, 1.54) is 12.8 Å². The number of nitrogens with one attached hydrogen (secondary N) is 1. The van der Waals surface area contributed by atoms with Gasteiger partial charge in [-0.15, -0.1) is 0 Å². The van der Waals surface area contributed by atoms with Gasteiger partial charge in [0, 0.05) is 28.1 Å². The summed E-state index contributed by atoms with van der Waals surface area (Å²) in [5.41, 5.74) is 0. The summed E-state index contributed by atoms with van der Waals surface area (Å²) in [6.07, 6.45) is 3.62. The van der Waals surface area contributed by atoms with Gasteiger partial charge in [0.2, 0.25) is 5.91 Å². The molecule has 3 nitrogen and oxygen atoms in total. The summed E-state index contributed by atoms with van der Waals surface area (Å²) in [4.78, 5) is 12.3. The highest BCUT2D eigenvalue weighted by molar-refractivity contribution is 9.10. The molecule has 0 saturated heterocycles. The molecule has 0 heterocycles. The molecule has 104 valence electrons. The van der Waals surface area contributed by atoms with Gasteiger partial charge in [-0.3, -0.25) is 9.00 Å². The van der Waals surface area contributed by atoms with E-state index in [-0.39, 0.29) is 5.91 Å². The molecule has 0 unspecified atom stereocenters. The van der Waals surface area contributed by atoms with Crippen molar-refractivity contribution in [3.05, 3.63) is 28.7 Å². The number of halogens is 1. The second kappa shape index (κ2) is 7.20. The molecule has 5 heteroatoms. The number of benzene rings is 1. The van der Waals surface area contributed by atoms with E-state index in [4.69, 9.17) is 0 Å². The molecule has 1 aliphatic rings. The number of carbonyl (C=O) groups is 1. The van der Waals surface area contributed by atoms with Crippen LogP contribution in [0.5, 0.6) is 0 Å². The maximum Gasteiger partial charge on any atom is 0.220 e. The molecule has 2 rings (SSSR count). The van der Waals surface area contributed by atoms with E-state index in [0.29, 0.717) is 24.5 Å². The van der Waals surface area contributed by atoms with E-state index in [9.17, 15) is 9.00 Å². The largest absolute Gasteiger partial charge is 0.356 e. The van der Waals surface area contributed by atoms with Crippen LogP contribution in [-0.4, -0.2) is 22.4 Å². The molecule has 1 aromatic rings. The molecule has 0 aliphatic heterocycles. The molecule has 0 bridgehead atoms. The molecule has 1 N–H and O–H groups in total. The van der Waals surface area contributed by atoms with Gasteiger partial charge in [0.25, 0.3) is 0 Å². The van der Waals surface area contributed by atoms with Crippen LogP contribution in [0.15, 0.2) is 33.6 Å². The minimum atomic E-state index is -1.01. The van der Waals surface area contributed by atoms with E-state index in [2.05, 4.69) is 21.2 Å². The van der Waals surface area contributed by atoms with Crippen molar-refractivity contribution >= 4 is 32.6 Å². The van der Waals surface area contributed by atoms with Crippen LogP contribution >= 0.6 is 15.9 Å². The molecular weight excluding hydrogens is 326 g/mol. The Kier molecular flexibility index (Phi) is 5.58. The normalized spacial score (nSPS) is 16.1. The Morgan fingerprint density at radius 2 is 2.00 bits per heavy atom. The lowest BCUT2D eigenvalue weighted by Crippen LogP contribution is -2.25. The predicted octanol–water partition coefficient (Wildman–Crippen LogP) is 2.86. The molecule has 1 aromatic carbocycles. The zero-order valence-corrected chi connectivity index (χ0v) is 13.1. The van der Waals surface area contributed by atoms with Gasteiger partial charge in [-0.2, -0.15) is 0 Å². The fraction of sp³-hybridized carbons (Fsp3) is 0.500. The van der Waals surface area contributed by atoms with Crippen LogP contribution in [0.25, 0.3) is 0 Å². The summed E-state index contributed by atoms with van der Waals surface area (Å²) in [7, 11) is -1.01. The molecule has 1 amide bonds. The van der Waals surface area contributed by atoms with Crippen molar-refractivity contribution in [2.24, 2.45) is 5.92 Å². The maximum absolute atomic E-state index is 12.0. The summed E-state index contributed by atoms with van der Waals surface area (Å²) in [6.45, 7) is 0.814. The third-order valence-electron chi connectivity index (χ3n) is 3.09. The van der Waals surface area contributed by atoms with Crippen LogP contribution in [0.1, 0.15) is 25.7 Å². The lowest BCUT2D eigenvalue weighted by Gasteiger charge is -2.04. The third-order valence-corrected chi connectivity index (χ3v) is 5.08. The van der Waals surface area contributed by atoms with Crippen LogP contribution in [0.4, 0.5) is 0 Å². The number of rotatable bonds is 7. The SMILES string of the molecule is O=C(CCC[S@@](=O)c1ccc(Br)cc1)NCC1CC1. The lowest BCUT2D eigenvalue weighted by molar-refractivity contribution is -0.121. The molecule has 1 atom stereocenters. The van der Waals surface area contributed by atoms with Crippen molar-refractivity contribution in [2.45, 2.75) is 30.6 Å². The minimum Gasteiger partial charge on any atom is -0.356 e. The Hall–Kier alpha value is -0.680. The first-order chi connectivity index (χ1) is 9.15. The highest BCUT2D eigenvalue weighted by Gasteiger charge is 2.21. The van der Waals surface area contributed by atoms with Crippen LogP contribution in [0, 0.1) is 5.92 Å². The first-order valence-electron chi connectivity index (χ1n) is 6.56. The number of hydrogen-bond donors (Lipinski definition) is 1. The topological polar surface area (TPSA) is 46.2 Å². The second-order valence-electron chi connectivity index (χ2n) is 4.85. The summed E-state index contributed by atoms with van der Waals surface area (Å²) in [6, 6.07) is 7.48.